The first kappa shape index (κ1) is 31.7. The highest BCUT2D eigenvalue weighted by molar-refractivity contribution is 6.25. The van der Waals surface area contributed by atoms with Crippen LogP contribution in [0.1, 0.15) is 36.2 Å². The number of fused-ring (bicyclic) bond motifs is 3. The molecule has 0 saturated carbocycles. The fourth-order valence-electron chi connectivity index (χ4n) is 6.60. The molecule has 0 heterocycles. The molecule has 4 rings (SSSR count). The van der Waals surface area contributed by atoms with E-state index in [1.165, 1.54) is 11.8 Å². The number of benzene rings is 1. The quantitative estimate of drug-likeness (QED) is 0.0920. The van der Waals surface area contributed by atoms with E-state index in [-0.39, 0.29) is 36.3 Å². The van der Waals surface area contributed by atoms with Crippen LogP contribution >= 0.6 is 0 Å². The summed E-state index contributed by atoms with van der Waals surface area (Å²) < 4.78 is 5.05. The zero-order chi connectivity index (χ0) is 32.3. The van der Waals surface area contributed by atoms with E-state index < -0.39 is 75.8 Å². The fraction of sp³-hybridized carbons (Fsp3) is 0.500. The van der Waals surface area contributed by atoms with E-state index in [1.54, 1.807) is 46.1 Å². The molecule has 0 aliphatic heterocycles. The van der Waals surface area contributed by atoms with Crippen molar-refractivity contribution >= 4 is 34.8 Å². The molecule has 0 fully saturated rings. The molecule has 0 bridgehead atoms. The van der Waals surface area contributed by atoms with Crippen LogP contribution in [0, 0.1) is 11.8 Å². The number of likely N-dealkylation sites (N-methyl/N-ethyl adjacent to an activating group) is 1. The number of anilines is 2. The topological polar surface area (TPSA) is 235 Å². The van der Waals surface area contributed by atoms with Gasteiger partial charge in [-0.3, -0.25) is 24.3 Å². The van der Waals surface area contributed by atoms with E-state index in [1.807, 2.05) is 0 Å². The Balaban J connectivity index is 1.98. The maximum Gasteiger partial charge on any atom is 0.330 e. The number of nitrogens with two attached hydrogens (primary N) is 3. The van der Waals surface area contributed by atoms with Gasteiger partial charge in [0.2, 0.25) is 5.78 Å². The van der Waals surface area contributed by atoms with Gasteiger partial charge in [0.25, 0.3) is 5.91 Å². The van der Waals surface area contributed by atoms with Crippen molar-refractivity contribution < 1.29 is 44.1 Å². The molecular weight excluding hydrogens is 564 g/mol. The van der Waals surface area contributed by atoms with E-state index in [4.69, 9.17) is 27.0 Å². The second-order valence-electron chi connectivity index (χ2n) is 11.4. The summed E-state index contributed by atoms with van der Waals surface area (Å²) in [5.74, 6) is 4.38. The number of aliphatic hydroxyl groups excluding tert-OH is 1. The third kappa shape index (κ3) is 4.59. The zero-order valence-corrected chi connectivity index (χ0v) is 24.9. The Bertz CT molecular complexity index is 1470. The third-order valence-corrected chi connectivity index (χ3v) is 8.58. The molecule has 1 aromatic carbocycles. The number of allylic oxidation sites excluding steroid dienone is 1. The van der Waals surface area contributed by atoms with Gasteiger partial charge in [0.05, 0.1) is 23.9 Å². The lowest BCUT2D eigenvalue weighted by Crippen LogP contribution is -2.64. The number of phenols is 1. The summed E-state index contributed by atoms with van der Waals surface area (Å²) in [5.41, 5.74) is 2.50. The number of hydrogen-bond acceptors (Lipinski definition) is 14. The van der Waals surface area contributed by atoms with Crippen molar-refractivity contribution in [2.45, 2.75) is 44.4 Å². The van der Waals surface area contributed by atoms with Crippen LogP contribution < -0.4 is 27.4 Å². The number of phenolic OH excluding ortho intramolecular Hbond substituents is 1. The van der Waals surface area contributed by atoms with E-state index in [2.05, 4.69) is 0 Å². The van der Waals surface area contributed by atoms with Crippen LogP contribution in [0.2, 0.25) is 0 Å². The summed E-state index contributed by atoms with van der Waals surface area (Å²) >= 11 is 0. The number of amides is 1. The Kier molecular flexibility index (Phi) is 8.23. The van der Waals surface area contributed by atoms with Crippen LogP contribution in [-0.4, -0.2) is 96.1 Å². The van der Waals surface area contributed by atoms with Crippen LogP contribution in [0.15, 0.2) is 28.7 Å². The average Bonchev–Trinajstić information content (AvgIpc) is 2.92. The Morgan fingerprint density at radius 1 is 1.16 bits per heavy atom. The molecule has 3 aliphatic rings. The maximum atomic E-state index is 14.3. The van der Waals surface area contributed by atoms with Crippen LogP contribution in [-0.2, 0) is 30.4 Å². The summed E-state index contributed by atoms with van der Waals surface area (Å²) in [7, 11) is 6.62. The predicted molar refractivity (Wildman–Crippen MR) is 153 cm³/mol. The summed E-state index contributed by atoms with van der Waals surface area (Å²) in [5, 5.41) is 35.4. The minimum atomic E-state index is -2.64. The largest absolute Gasteiger partial charge is 0.510 e. The number of esters is 1. The average molecular weight is 603 g/mol. The van der Waals surface area contributed by atoms with Gasteiger partial charge in [0.1, 0.15) is 17.4 Å². The molecule has 15 heteroatoms. The Morgan fingerprint density at radius 2 is 1.79 bits per heavy atom. The molecule has 5 atom stereocenters. The molecule has 0 radical (unpaired) electrons. The van der Waals surface area contributed by atoms with E-state index in [9.17, 15) is 34.5 Å². The molecule has 1 amide bonds. The van der Waals surface area contributed by atoms with Gasteiger partial charge in [-0.25, -0.2) is 10.6 Å². The molecule has 9 N–H and O–H groups in total. The van der Waals surface area contributed by atoms with Gasteiger partial charge in [0, 0.05) is 31.3 Å². The number of nitrogens with zero attached hydrogens (tertiary/aromatic N) is 3. The molecule has 0 saturated heterocycles. The van der Waals surface area contributed by atoms with Gasteiger partial charge in [-0.1, -0.05) is 0 Å². The summed E-state index contributed by atoms with van der Waals surface area (Å²) in [6, 6.07) is -0.558. The van der Waals surface area contributed by atoms with Crippen molar-refractivity contribution in [3.63, 3.8) is 0 Å². The number of ether oxygens (including phenoxy) is 1. The highest BCUT2D eigenvalue weighted by Crippen LogP contribution is 2.54. The first-order valence-corrected chi connectivity index (χ1v) is 13.6. The first-order chi connectivity index (χ1) is 20.1. The minimum Gasteiger partial charge on any atom is -0.510 e. The number of aromatic hydroxyl groups is 1. The van der Waals surface area contributed by atoms with Crippen LogP contribution in [0.3, 0.4) is 0 Å². The van der Waals surface area contributed by atoms with Crippen molar-refractivity contribution in [1.29, 1.82) is 0 Å². The SMILES string of the molecule is CCOC(=O)C(C)N(N)c1cc(N(C)C)c2c(c1O)C(=O)C1=C(ON)[C@]3(O)C(=O)C(C(N)=O)=C(O)[C@@H](N(C)C)[C@@H]3C[C@@H]1C2. The zero-order valence-electron chi connectivity index (χ0n) is 24.9. The summed E-state index contributed by atoms with van der Waals surface area (Å²) in [4.78, 5) is 61.0. The van der Waals surface area contributed by atoms with Crippen molar-refractivity contribution in [2.75, 3.05) is 44.7 Å². The van der Waals surface area contributed by atoms with Crippen molar-refractivity contribution in [3.05, 3.63) is 39.9 Å². The highest BCUT2D eigenvalue weighted by Gasteiger charge is 2.64. The van der Waals surface area contributed by atoms with E-state index in [0.29, 0.717) is 11.3 Å². The van der Waals surface area contributed by atoms with Crippen molar-refractivity contribution in [2.24, 2.45) is 29.3 Å². The number of ketones is 2. The lowest BCUT2D eigenvalue weighted by atomic mass is 9.58. The highest BCUT2D eigenvalue weighted by atomic mass is 16.6. The van der Waals surface area contributed by atoms with E-state index in [0.717, 1.165) is 5.01 Å². The number of aliphatic hydroxyl groups is 2. The number of hydrazine groups is 1. The molecule has 1 unspecified atom stereocenters. The maximum absolute atomic E-state index is 14.3. The number of Topliss-reactive ketones (excluding diaryl/α,β-unsaturated/α-hetero) is 2. The monoisotopic (exact) mass is 602 g/mol. The number of hydrogen-bond donors (Lipinski definition) is 6. The normalized spacial score (nSPS) is 25.6. The molecule has 0 aromatic heterocycles. The van der Waals surface area contributed by atoms with Gasteiger partial charge < -0.3 is 35.5 Å². The molecule has 15 nitrogen and oxygen atoms in total. The Hall–Kier alpha value is -4.18. The third-order valence-electron chi connectivity index (χ3n) is 8.58. The van der Waals surface area contributed by atoms with Gasteiger partial charge >= 0.3 is 5.97 Å². The first-order valence-electron chi connectivity index (χ1n) is 13.6. The molecule has 234 valence electrons. The molecule has 43 heavy (non-hydrogen) atoms. The smallest absolute Gasteiger partial charge is 0.330 e. The van der Waals surface area contributed by atoms with E-state index >= 15 is 0 Å². The lowest BCUT2D eigenvalue weighted by molar-refractivity contribution is -0.150. The summed E-state index contributed by atoms with van der Waals surface area (Å²) in [6.45, 7) is 3.21. The summed E-state index contributed by atoms with van der Waals surface area (Å²) in [6.07, 6.45) is 0.129. The second kappa shape index (κ2) is 11.1. The standard InChI is InChI=1S/C28H38N6O9/c1-7-42-27(40)11(2)34(30)16-10-15(32(3)4)13-8-12-9-14-20(33(5)6)23(37)19(26(29)39)24(38)28(14,41)25(43-31)17(12)22(36)18(13)21(16)35/h10-12,14,20,35,37,41H,7-9,30-31H2,1-6H3,(H2,29,39)/t11?,12-,14-,20-,28+/m0/s1. The molecule has 3 aliphatic carbocycles. The number of rotatable bonds is 8. The fourth-order valence-corrected chi connectivity index (χ4v) is 6.60. The molecular formula is C28H38N6O9. The van der Waals surface area contributed by atoms with Gasteiger partial charge in [-0.2, -0.15) is 5.90 Å². The second-order valence-corrected chi connectivity index (χ2v) is 11.4. The molecule has 0 spiro atoms. The van der Waals surface area contributed by atoms with Crippen LogP contribution in [0.5, 0.6) is 5.75 Å². The lowest BCUT2D eigenvalue weighted by Gasteiger charge is -2.50. The Morgan fingerprint density at radius 3 is 2.30 bits per heavy atom. The number of carbonyl (C=O) groups excluding carboxylic acids is 4. The van der Waals surface area contributed by atoms with Crippen molar-refractivity contribution in [1.82, 2.24) is 4.90 Å². The predicted octanol–water partition coefficient (Wildman–Crippen LogP) is -0.849. The van der Waals surface area contributed by atoms with Gasteiger partial charge in [-0.05, 0) is 58.3 Å². The number of primary amides is 1. The number of carbonyl (C=O) groups is 4. The van der Waals surface area contributed by atoms with Crippen LogP contribution in [0.25, 0.3) is 0 Å². The minimum absolute atomic E-state index is 0.00709. The van der Waals surface area contributed by atoms with Crippen molar-refractivity contribution in [3.8, 4) is 5.75 Å². The molecule has 1 aromatic rings. The van der Waals surface area contributed by atoms with Gasteiger partial charge in [0.15, 0.2) is 22.9 Å². The Labute approximate surface area is 248 Å². The van der Waals surface area contributed by atoms with Crippen LogP contribution in [0.4, 0.5) is 11.4 Å². The van der Waals surface area contributed by atoms with Gasteiger partial charge in [-0.15, -0.1) is 0 Å².